The van der Waals surface area contributed by atoms with Gasteiger partial charge in [0.2, 0.25) is 0 Å². The van der Waals surface area contributed by atoms with Gasteiger partial charge in [-0.15, -0.1) is 11.3 Å². The van der Waals surface area contributed by atoms with Crippen LogP contribution in [0.3, 0.4) is 0 Å². The molecule has 0 radical (unpaired) electrons. The summed E-state index contributed by atoms with van der Waals surface area (Å²) < 4.78 is 2.18. The van der Waals surface area contributed by atoms with Gasteiger partial charge in [0.25, 0.3) is 0 Å². The van der Waals surface area contributed by atoms with Crippen molar-refractivity contribution in [1.29, 1.82) is 0 Å². The van der Waals surface area contributed by atoms with Crippen LogP contribution in [-0.4, -0.2) is 56.5 Å². The van der Waals surface area contributed by atoms with E-state index in [0.717, 1.165) is 69.9 Å². The van der Waals surface area contributed by atoms with Crippen molar-refractivity contribution in [1.82, 2.24) is 24.3 Å². The van der Waals surface area contributed by atoms with E-state index >= 15 is 0 Å². The minimum Gasteiger partial charge on any atom is -0.329 e. The molecule has 6 nitrogen and oxygen atoms in total. The highest BCUT2D eigenvalue weighted by molar-refractivity contribution is 7.07. The zero-order valence-electron chi connectivity index (χ0n) is 13.8. The van der Waals surface area contributed by atoms with Gasteiger partial charge in [-0.1, -0.05) is 0 Å². The summed E-state index contributed by atoms with van der Waals surface area (Å²) in [6, 6.07) is 0.217. The Morgan fingerprint density at radius 3 is 2.79 bits per heavy atom. The molecule has 4 rings (SSSR count). The Bertz CT molecular complexity index is 677. The number of amides is 2. The third-order valence-corrected chi connectivity index (χ3v) is 5.63. The first-order valence-corrected chi connectivity index (χ1v) is 9.67. The molecule has 2 aromatic rings. The first kappa shape index (κ1) is 15.6. The maximum absolute atomic E-state index is 12.7. The van der Waals surface area contributed by atoms with Crippen molar-refractivity contribution < 1.29 is 4.79 Å². The fourth-order valence-electron chi connectivity index (χ4n) is 3.77. The molecule has 0 N–H and O–H groups in total. The van der Waals surface area contributed by atoms with Gasteiger partial charge >= 0.3 is 6.03 Å². The van der Waals surface area contributed by atoms with E-state index in [2.05, 4.69) is 19.9 Å². The largest absolute Gasteiger partial charge is 0.329 e. The molecule has 0 bridgehead atoms. The number of rotatable bonds is 3. The summed E-state index contributed by atoms with van der Waals surface area (Å²) in [5.74, 6) is 1.40. The number of thiazole rings is 1. The number of carbonyl (C=O) groups is 1. The zero-order valence-corrected chi connectivity index (χ0v) is 14.6. The predicted molar refractivity (Wildman–Crippen MR) is 93.2 cm³/mol. The molecule has 128 valence electrons. The van der Waals surface area contributed by atoms with Crippen molar-refractivity contribution in [2.75, 3.05) is 26.2 Å². The smallest absolute Gasteiger partial charge is 0.320 e. The molecule has 2 aliphatic heterocycles. The number of piperidine rings is 1. The van der Waals surface area contributed by atoms with E-state index in [1.165, 1.54) is 0 Å². The summed E-state index contributed by atoms with van der Waals surface area (Å²) >= 11 is 1.62. The van der Waals surface area contributed by atoms with Gasteiger partial charge in [-0.2, -0.15) is 0 Å². The molecular formula is C17H23N5OS. The van der Waals surface area contributed by atoms with Gasteiger partial charge in [-0.25, -0.2) is 14.8 Å². The van der Waals surface area contributed by atoms with Crippen LogP contribution in [0.25, 0.3) is 0 Å². The summed E-state index contributed by atoms with van der Waals surface area (Å²) in [5, 5.41) is 2.08. The fraction of sp³-hybridized carbons (Fsp3) is 0.588. The second-order valence-electron chi connectivity index (χ2n) is 6.66. The first-order chi connectivity index (χ1) is 11.8. The third-order valence-electron chi connectivity index (χ3n) is 5.00. The van der Waals surface area contributed by atoms with E-state index in [-0.39, 0.29) is 6.03 Å². The lowest BCUT2D eigenvalue weighted by molar-refractivity contribution is 0.145. The minimum absolute atomic E-state index is 0.217. The molecule has 0 unspecified atom stereocenters. The lowest BCUT2D eigenvalue weighted by atomic mass is 9.97. The van der Waals surface area contributed by atoms with Crippen molar-refractivity contribution in [3.63, 3.8) is 0 Å². The monoisotopic (exact) mass is 345 g/mol. The topological polar surface area (TPSA) is 54.3 Å². The Labute approximate surface area is 146 Å². The van der Waals surface area contributed by atoms with Crippen LogP contribution in [0.1, 0.15) is 43.1 Å². The van der Waals surface area contributed by atoms with Crippen molar-refractivity contribution in [3.05, 3.63) is 34.8 Å². The van der Waals surface area contributed by atoms with Gasteiger partial charge in [0, 0.05) is 49.9 Å². The molecule has 2 amide bonds. The Morgan fingerprint density at radius 1 is 1.17 bits per heavy atom. The molecule has 2 aromatic heterocycles. The van der Waals surface area contributed by atoms with Crippen LogP contribution in [-0.2, 0) is 6.54 Å². The van der Waals surface area contributed by atoms with Gasteiger partial charge in [0.1, 0.15) is 5.82 Å². The molecule has 2 fully saturated rings. The number of imidazole rings is 1. The summed E-state index contributed by atoms with van der Waals surface area (Å²) in [5.41, 5.74) is 2.93. The van der Waals surface area contributed by atoms with Gasteiger partial charge in [0.15, 0.2) is 0 Å². The molecule has 24 heavy (non-hydrogen) atoms. The van der Waals surface area contributed by atoms with Crippen molar-refractivity contribution >= 4 is 17.4 Å². The van der Waals surface area contributed by atoms with Crippen LogP contribution in [0.2, 0.25) is 0 Å². The molecule has 4 heterocycles. The van der Waals surface area contributed by atoms with Crippen LogP contribution in [0.15, 0.2) is 23.3 Å². The number of hydrogen-bond donors (Lipinski definition) is 0. The van der Waals surface area contributed by atoms with E-state index in [1.54, 1.807) is 11.3 Å². The molecule has 0 spiro atoms. The van der Waals surface area contributed by atoms with E-state index in [1.807, 2.05) is 27.7 Å². The number of hydrogen-bond acceptors (Lipinski definition) is 4. The highest BCUT2D eigenvalue weighted by atomic mass is 32.1. The van der Waals surface area contributed by atoms with Crippen LogP contribution < -0.4 is 0 Å². The van der Waals surface area contributed by atoms with E-state index in [4.69, 9.17) is 0 Å². The number of aromatic nitrogens is 3. The number of nitrogens with zero attached hydrogens (tertiary/aromatic N) is 5. The Morgan fingerprint density at radius 2 is 2.00 bits per heavy atom. The van der Waals surface area contributed by atoms with Crippen LogP contribution in [0.4, 0.5) is 4.79 Å². The summed E-state index contributed by atoms with van der Waals surface area (Å²) in [4.78, 5) is 25.7. The molecule has 0 aromatic carbocycles. The molecule has 0 aliphatic carbocycles. The maximum atomic E-state index is 12.7. The van der Waals surface area contributed by atoms with Crippen molar-refractivity contribution in [2.24, 2.45) is 0 Å². The average molecular weight is 345 g/mol. The lowest BCUT2D eigenvalue weighted by Crippen LogP contribution is -2.46. The molecule has 1 atom stereocenters. The molecule has 2 aliphatic rings. The molecule has 7 heteroatoms. The van der Waals surface area contributed by atoms with E-state index < -0.39 is 0 Å². The standard InChI is InChI=1S/C17H23N5OS/c23-17(20-6-1-2-7-20)22-8-3-4-14(10-22)16-18-5-9-21(16)11-15-12-24-13-19-15/h5,9,12-14H,1-4,6-8,10-11H2/t14-/m1/s1. The summed E-state index contributed by atoms with van der Waals surface area (Å²) in [6.07, 6.45) is 8.31. The SMILES string of the molecule is O=C(N1CCCC1)N1CCC[C@@H](c2nccn2Cc2cscn2)C1. The summed E-state index contributed by atoms with van der Waals surface area (Å²) in [7, 11) is 0. The van der Waals surface area contributed by atoms with Gasteiger partial charge in [0.05, 0.1) is 17.7 Å². The normalized spacial score (nSPS) is 21.4. The number of carbonyl (C=O) groups excluding carboxylic acids is 1. The quantitative estimate of drug-likeness (QED) is 0.859. The molecule has 0 saturated carbocycles. The maximum Gasteiger partial charge on any atom is 0.320 e. The average Bonchev–Trinajstić information content (AvgIpc) is 3.37. The Kier molecular flexibility index (Phi) is 4.51. The van der Waals surface area contributed by atoms with Gasteiger partial charge in [-0.05, 0) is 25.7 Å². The number of urea groups is 1. The Hall–Kier alpha value is -1.89. The van der Waals surface area contributed by atoms with Gasteiger partial charge < -0.3 is 14.4 Å². The third kappa shape index (κ3) is 3.17. The van der Waals surface area contributed by atoms with Gasteiger partial charge in [-0.3, -0.25) is 0 Å². The van der Waals surface area contributed by atoms with E-state index in [9.17, 15) is 4.79 Å². The fourth-order valence-corrected chi connectivity index (χ4v) is 4.32. The van der Waals surface area contributed by atoms with Crippen LogP contribution >= 0.6 is 11.3 Å². The van der Waals surface area contributed by atoms with Crippen molar-refractivity contribution in [3.8, 4) is 0 Å². The highest BCUT2D eigenvalue weighted by Crippen LogP contribution is 2.27. The van der Waals surface area contributed by atoms with Crippen LogP contribution in [0.5, 0.6) is 0 Å². The van der Waals surface area contributed by atoms with Crippen LogP contribution in [0, 0.1) is 0 Å². The first-order valence-electron chi connectivity index (χ1n) is 8.73. The summed E-state index contributed by atoms with van der Waals surface area (Å²) in [6.45, 7) is 4.24. The lowest BCUT2D eigenvalue weighted by Gasteiger charge is -2.35. The molecule has 2 saturated heterocycles. The minimum atomic E-state index is 0.217. The Balaban J connectivity index is 1.46. The highest BCUT2D eigenvalue weighted by Gasteiger charge is 2.30. The zero-order chi connectivity index (χ0) is 16.4. The van der Waals surface area contributed by atoms with E-state index in [0.29, 0.717) is 5.92 Å². The van der Waals surface area contributed by atoms with Crippen molar-refractivity contribution in [2.45, 2.75) is 38.1 Å². The number of likely N-dealkylation sites (tertiary alicyclic amines) is 2. The second-order valence-corrected chi connectivity index (χ2v) is 7.37. The molecular weight excluding hydrogens is 322 g/mol. The second kappa shape index (κ2) is 6.93. The predicted octanol–water partition coefficient (Wildman–Crippen LogP) is 2.78.